The number of morpholine rings is 1. The van der Waals surface area contributed by atoms with E-state index in [2.05, 4.69) is 10.2 Å². The Morgan fingerprint density at radius 3 is 2.19 bits per heavy atom. The van der Waals surface area contributed by atoms with Crippen LogP contribution in [0.2, 0.25) is 0 Å². The van der Waals surface area contributed by atoms with Gasteiger partial charge < -0.3 is 34.3 Å². The fraction of sp³-hybridized carbons (Fsp3) is 0.283. The van der Waals surface area contributed by atoms with Gasteiger partial charge in [-0.15, -0.1) is 0 Å². The number of hydrogen-bond acceptors (Lipinski definition) is 9. The summed E-state index contributed by atoms with van der Waals surface area (Å²) in [6.45, 7) is 0.494. The molecule has 2 fully saturated rings. The van der Waals surface area contributed by atoms with E-state index in [1.807, 2.05) is 115 Å². The maximum absolute atomic E-state index is 15.8. The molecule has 4 aliphatic rings. The quantitative estimate of drug-likeness (QED) is 0.176. The Labute approximate surface area is 330 Å². The number of carbonyl (C=O) groups is 3. The maximum Gasteiger partial charge on any atom is 0.324 e. The molecule has 57 heavy (non-hydrogen) atoms. The molecule has 5 aromatic rings. The molecule has 0 aliphatic carbocycles. The molecule has 4 heterocycles. The highest BCUT2D eigenvalue weighted by molar-refractivity contribution is 6.12. The lowest BCUT2D eigenvalue weighted by Crippen LogP contribution is -2.56. The lowest BCUT2D eigenvalue weighted by Gasteiger charge is -2.46. The van der Waals surface area contributed by atoms with Crippen molar-refractivity contribution in [2.75, 3.05) is 39.3 Å². The number of amides is 2. The second-order valence-corrected chi connectivity index (χ2v) is 14.9. The molecular weight excluding hydrogens is 723 g/mol. The highest BCUT2D eigenvalue weighted by atomic mass is 16.6. The number of rotatable bonds is 9. The molecule has 0 saturated carbocycles. The van der Waals surface area contributed by atoms with E-state index in [1.54, 1.807) is 25.2 Å². The van der Waals surface area contributed by atoms with Gasteiger partial charge in [0.25, 0.3) is 0 Å². The molecule has 9 rings (SSSR count). The van der Waals surface area contributed by atoms with E-state index in [1.165, 1.54) is 0 Å². The number of esters is 1. The number of para-hydroxylation sites is 1. The Hall–Kier alpha value is -6.17. The first-order valence-electron chi connectivity index (χ1n) is 19.2. The third-order valence-corrected chi connectivity index (χ3v) is 12.0. The van der Waals surface area contributed by atoms with E-state index in [-0.39, 0.29) is 31.6 Å². The summed E-state index contributed by atoms with van der Waals surface area (Å²) in [5.74, 6) is -0.830. The summed E-state index contributed by atoms with van der Waals surface area (Å²) in [4.78, 5) is 50.1. The van der Waals surface area contributed by atoms with Gasteiger partial charge >= 0.3 is 5.97 Å². The second kappa shape index (κ2) is 14.7. The maximum atomic E-state index is 15.8. The zero-order chi connectivity index (χ0) is 39.3. The van der Waals surface area contributed by atoms with Gasteiger partial charge in [-0.3, -0.25) is 19.3 Å². The van der Waals surface area contributed by atoms with Crippen molar-refractivity contribution in [3.8, 4) is 17.2 Å². The van der Waals surface area contributed by atoms with Crippen LogP contribution in [0.1, 0.15) is 51.6 Å². The fourth-order valence-electron chi connectivity index (χ4n) is 9.74. The van der Waals surface area contributed by atoms with Crippen LogP contribution in [-0.4, -0.2) is 72.7 Å². The number of hydrogen-bond donors (Lipinski definition) is 2. The first-order valence-corrected chi connectivity index (χ1v) is 19.2. The van der Waals surface area contributed by atoms with Crippen molar-refractivity contribution in [2.45, 2.75) is 42.6 Å². The van der Waals surface area contributed by atoms with Gasteiger partial charge in [0.15, 0.2) is 11.5 Å². The summed E-state index contributed by atoms with van der Waals surface area (Å²) in [5, 5.41) is 12.8. The number of benzene rings is 5. The molecule has 290 valence electrons. The Morgan fingerprint density at radius 1 is 0.807 bits per heavy atom. The molecule has 4 aliphatic heterocycles. The van der Waals surface area contributed by atoms with Gasteiger partial charge in [0.2, 0.25) is 11.8 Å². The van der Waals surface area contributed by atoms with Crippen LogP contribution in [-0.2, 0) is 37.5 Å². The van der Waals surface area contributed by atoms with Crippen LogP contribution in [0.4, 0.5) is 5.69 Å². The lowest BCUT2D eigenvalue weighted by atomic mass is 9.65. The highest BCUT2D eigenvalue weighted by Crippen LogP contribution is 2.65. The van der Waals surface area contributed by atoms with Crippen LogP contribution in [0.3, 0.4) is 0 Å². The number of nitrogens with zero attached hydrogens (tertiary/aromatic N) is 2. The van der Waals surface area contributed by atoms with Gasteiger partial charge in [-0.1, -0.05) is 91.0 Å². The average Bonchev–Trinajstić information content (AvgIpc) is 3.74. The smallest absolute Gasteiger partial charge is 0.324 e. The molecule has 6 unspecified atom stereocenters. The Morgan fingerprint density at radius 2 is 1.47 bits per heavy atom. The van der Waals surface area contributed by atoms with Crippen molar-refractivity contribution in [3.63, 3.8) is 0 Å². The molecule has 11 heteroatoms. The van der Waals surface area contributed by atoms with Crippen LogP contribution < -0.4 is 19.5 Å². The van der Waals surface area contributed by atoms with Gasteiger partial charge in [-0.2, -0.15) is 0 Å². The predicted molar refractivity (Wildman–Crippen MR) is 211 cm³/mol. The first kappa shape index (κ1) is 36.5. The van der Waals surface area contributed by atoms with E-state index >= 15 is 14.4 Å². The van der Waals surface area contributed by atoms with Crippen molar-refractivity contribution in [2.24, 2.45) is 5.92 Å². The molecule has 0 bridgehead atoms. The zero-order valence-corrected chi connectivity index (χ0v) is 31.7. The molecule has 0 aromatic heterocycles. The van der Waals surface area contributed by atoms with Crippen molar-refractivity contribution in [3.05, 3.63) is 155 Å². The summed E-state index contributed by atoms with van der Waals surface area (Å²) >= 11 is 0. The minimum Gasteiger partial charge on any atom is -0.493 e. The molecule has 2 N–H and O–H groups in total. The fourth-order valence-corrected chi connectivity index (χ4v) is 9.74. The summed E-state index contributed by atoms with van der Waals surface area (Å²) in [5.41, 5.74) is 3.89. The SMILES string of the molecule is COc1cc2c(cc1OC)CN(C(=O)C1C3C(=O)OC(c4ccccc4)C(c4ccccc4)N3C(c3cccc(OCCO)c3)C13C(=O)Nc1ccccc13)CC2. The number of anilines is 1. The van der Waals surface area contributed by atoms with Gasteiger partial charge in [-0.25, -0.2) is 0 Å². The zero-order valence-electron chi connectivity index (χ0n) is 31.7. The third kappa shape index (κ3) is 5.83. The Balaban J connectivity index is 1.29. The number of cyclic esters (lactones) is 1. The van der Waals surface area contributed by atoms with Crippen molar-refractivity contribution < 1.29 is 38.4 Å². The number of nitrogens with one attached hydrogen (secondary N) is 1. The normalized spacial score (nSPS) is 24.9. The number of fused-ring (bicyclic) bond motifs is 4. The van der Waals surface area contributed by atoms with E-state index < -0.39 is 41.5 Å². The van der Waals surface area contributed by atoms with E-state index in [9.17, 15) is 5.11 Å². The predicted octanol–water partition coefficient (Wildman–Crippen LogP) is 5.93. The topological polar surface area (TPSA) is 127 Å². The van der Waals surface area contributed by atoms with E-state index in [4.69, 9.17) is 18.9 Å². The van der Waals surface area contributed by atoms with Gasteiger partial charge in [0.1, 0.15) is 29.9 Å². The van der Waals surface area contributed by atoms with E-state index in [0.717, 1.165) is 22.3 Å². The minimum atomic E-state index is -1.59. The molecule has 0 radical (unpaired) electrons. The molecule has 1 spiro atoms. The molecular formula is C46H43N3O8. The summed E-state index contributed by atoms with van der Waals surface area (Å²) in [6.07, 6.45) is -0.234. The number of aliphatic hydroxyl groups excluding tert-OH is 1. The van der Waals surface area contributed by atoms with Crippen molar-refractivity contribution in [1.29, 1.82) is 0 Å². The monoisotopic (exact) mass is 765 g/mol. The second-order valence-electron chi connectivity index (χ2n) is 14.9. The van der Waals surface area contributed by atoms with Crippen LogP contribution in [0, 0.1) is 5.92 Å². The van der Waals surface area contributed by atoms with Crippen LogP contribution >= 0.6 is 0 Å². The van der Waals surface area contributed by atoms with Gasteiger partial charge in [0, 0.05) is 18.8 Å². The van der Waals surface area contributed by atoms with Crippen molar-refractivity contribution in [1.82, 2.24) is 9.80 Å². The number of aliphatic hydroxyl groups is 1. The standard InChI is InChI=1S/C46H43N3O8/c1-54-36-25-30-20-21-48(27-32(30)26-37(36)55-2)43(51)38-40-44(52)57-41(29-14-7-4-8-15-29)39(28-12-5-3-6-13-28)49(40)42(31-16-11-17-33(24-31)56-23-22-50)46(38)34-18-9-10-19-35(34)47-45(46)53/h3-19,24-26,38-42,50H,20-23,27H2,1-2H3,(H,47,53). The summed E-state index contributed by atoms with van der Waals surface area (Å²) in [7, 11) is 3.17. The van der Waals surface area contributed by atoms with E-state index in [0.29, 0.717) is 47.0 Å². The number of ether oxygens (including phenoxy) is 4. The number of methoxy groups -OCH3 is 2. The van der Waals surface area contributed by atoms with Crippen LogP contribution in [0.25, 0.3) is 0 Å². The lowest BCUT2D eigenvalue weighted by molar-refractivity contribution is -0.179. The largest absolute Gasteiger partial charge is 0.493 e. The molecule has 11 nitrogen and oxygen atoms in total. The van der Waals surface area contributed by atoms with Crippen LogP contribution in [0.15, 0.2) is 121 Å². The molecule has 5 aromatic carbocycles. The van der Waals surface area contributed by atoms with Crippen LogP contribution in [0.5, 0.6) is 17.2 Å². The number of carbonyl (C=O) groups excluding carboxylic acids is 3. The molecule has 2 amide bonds. The first-order chi connectivity index (χ1) is 27.9. The van der Waals surface area contributed by atoms with Gasteiger partial charge in [-0.05, 0) is 70.1 Å². The average molecular weight is 766 g/mol. The molecule has 2 saturated heterocycles. The summed E-state index contributed by atoms with van der Waals surface area (Å²) in [6, 6.07) is 35.5. The Kier molecular flexibility index (Phi) is 9.42. The highest BCUT2D eigenvalue weighted by Gasteiger charge is 2.74. The molecule has 6 atom stereocenters. The van der Waals surface area contributed by atoms with Crippen molar-refractivity contribution >= 4 is 23.5 Å². The van der Waals surface area contributed by atoms with Gasteiger partial charge in [0.05, 0.1) is 38.8 Å². The summed E-state index contributed by atoms with van der Waals surface area (Å²) < 4.78 is 23.7. The Bertz CT molecular complexity index is 2340. The minimum absolute atomic E-state index is 0.0676. The third-order valence-electron chi connectivity index (χ3n) is 12.0.